The predicted octanol–water partition coefficient (Wildman–Crippen LogP) is 28.9. The van der Waals surface area contributed by atoms with Gasteiger partial charge in [0.1, 0.15) is 48.1 Å². The molecule has 0 spiro atoms. The Kier molecular flexibility index (Phi) is 50.8. The molecule has 1 fully saturated rings. The molecule has 9 aromatic rings. The highest BCUT2D eigenvalue weighted by molar-refractivity contribution is 5.75. The highest BCUT2D eigenvalue weighted by atomic mass is 16.6. The van der Waals surface area contributed by atoms with E-state index in [0.29, 0.717) is 65.1 Å². The fourth-order valence-electron chi connectivity index (χ4n) is 13.5. The molecule has 0 saturated carbocycles. The number of carbonyl (C=O) groups is 2. The van der Waals surface area contributed by atoms with Gasteiger partial charge in [0.15, 0.2) is 0 Å². The van der Waals surface area contributed by atoms with Crippen molar-refractivity contribution < 1.29 is 54.1 Å². The maximum absolute atomic E-state index is 11.4. The van der Waals surface area contributed by atoms with E-state index >= 15 is 0 Å². The third kappa shape index (κ3) is 39.3. The first kappa shape index (κ1) is 106. The largest absolute Gasteiger partial charge is 0.508 e. The van der Waals surface area contributed by atoms with Crippen LogP contribution in [0.2, 0.25) is 0 Å². The average molecular weight is 1660 g/mol. The standard InChI is InChI=1S/C11H16O.3C11H14.4C10H14O.C10H14.C9H16O3.C7H14O3/c1-4-9(2)10-5-7-11(12-3)8-6-10;3*1-8-7-10-5-3-4-6-11(10)9(8)2;4*1-3-8(2)9-4-6-10(11)7-5-9;1-3-9(2)10-7-5-4-6-8-10;1-4-9(2,3)8(10)12-6-7-5-11-7;1-3-6(2)7(9)10-5-4-8/h5-9H,4H2,1-3H3;3*3-6,8-9H,7H2,1-2H3;4*4-8,11H,3H2,1-2H3;4-9H,3H2,1-2H3;7H,4-6H2,1-3H3;6,8H,3-5H2,1-2H3. The van der Waals surface area contributed by atoms with Gasteiger partial charge in [0.05, 0.1) is 31.7 Å². The Labute approximate surface area is 733 Å². The van der Waals surface area contributed by atoms with Crippen molar-refractivity contribution >= 4 is 11.9 Å². The maximum atomic E-state index is 11.4. The van der Waals surface area contributed by atoms with Crippen LogP contribution in [0.1, 0.15) is 331 Å². The quantitative estimate of drug-likeness (QED) is 0.0342. The lowest BCUT2D eigenvalue weighted by atomic mass is 9.91. The Bertz CT molecular complexity index is 3850. The number of fused-ring (bicyclic) bond motifs is 3. The molecule has 5 N–H and O–H groups in total. The first-order valence-corrected chi connectivity index (χ1v) is 45.4. The lowest BCUT2D eigenvalue weighted by Crippen LogP contribution is -2.27. The molecule has 14 unspecified atom stereocenters. The minimum Gasteiger partial charge on any atom is -0.508 e. The number of phenolic OH excluding ortho intramolecular Hbond substituents is 4. The van der Waals surface area contributed by atoms with Crippen molar-refractivity contribution in [1.82, 2.24) is 0 Å². The number of aliphatic hydroxyl groups excluding tert-OH is 1. The summed E-state index contributed by atoms with van der Waals surface area (Å²) in [6, 6.07) is 75.1. The van der Waals surface area contributed by atoms with Gasteiger partial charge in [0, 0.05) is 0 Å². The molecule has 0 bridgehead atoms. The molecule has 0 aromatic heterocycles. The van der Waals surface area contributed by atoms with Crippen molar-refractivity contribution in [3.05, 3.63) is 291 Å². The first-order chi connectivity index (χ1) is 57.7. The summed E-state index contributed by atoms with van der Waals surface area (Å²) in [6.45, 7) is 51.0. The van der Waals surface area contributed by atoms with E-state index in [4.69, 9.17) is 39.7 Å². The summed E-state index contributed by atoms with van der Waals surface area (Å²) in [4.78, 5) is 22.1. The molecule has 13 rings (SSSR count). The molecule has 1 heterocycles. The van der Waals surface area contributed by atoms with Crippen LogP contribution in [0.4, 0.5) is 0 Å². The van der Waals surface area contributed by atoms with Crippen LogP contribution < -0.4 is 4.74 Å². The van der Waals surface area contributed by atoms with Gasteiger partial charge in [-0.1, -0.05) is 309 Å². The minimum atomic E-state index is -0.352. The number of methoxy groups -OCH3 is 1. The average Bonchev–Trinajstić information content (AvgIpc) is 1.69. The molecule has 4 aliphatic rings. The van der Waals surface area contributed by atoms with Crippen molar-refractivity contribution in [2.24, 2.45) is 29.1 Å². The third-order valence-electron chi connectivity index (χ3n) is 25.0. The van der Waals surface area contributed by atoms with Crippen molar-refractivity contribution in [3.8, 4) is 28.7 Å². The maximum Gasteiger partial charge on any atom is 0.311 e. The van der Waals surface area contributed by atoms with Crippen molar-refractivity contribution in [1.29, 1.82) is 0 Å². The Morgan fingerprint density at radius 2 is 0.645 bits per heavy atom. The van der Waals surface area contributed by atoms with Gasteiger partial charge in [-0.25, -0.2) is 0 Å². The minimum absolute atomic E-state index is 0.0495. The molecular formula is C110H158O11. The summed E-state index contributed by atoms with van der Waals surface area (Å²) < 4.78 is 19.7. The van der Waals surface area contributed by atoms with E-state index in [9.17, 15) is 9.59 Å². The Hall–Kier alpha value is -9.16. The summed E-state index contributed by atoms with van der Waals surface area (Å²) in [7, 11) is 1.69. The number of esters is 2. The van der Waals surface area contributed by atoms with Gasteiger partial charge < -0.3 is 44.5 Å². The zero-order valence-corrected chi connectivity index (χ0v) is 78.7. The van der Waals surface area contributed by atoms with Crippen molar-refractivity contribution in [2.75, 3.05) is 33.5 Å². The van der Waals surface area contributed by atoms with Crippen molar-refractivity contribution in [2.45, 2.75) is 289 Å². The molecular weight excluding hydrogens is 1500 g/mol. The lowest BCUT2D eigenvalue weighted by Gasteiger charge is -2.19. The van der Waals surface area contributed by atoms with Crippen LogP contribution in [0.3, 0.4) is 0 Å². The van der Waals surface area contributed by atoms with Crippen LogP contribution in [0.15, 0.2) is 224 Å². The normalized spacial score (nSPS) is 18.0. The number of carbonyl (C=O) groups excluding carboxylic acids is 2. The van der Waals surface area contributed by atoms with E-state index < -0.39 is 0 Å². The molecule has 9 aromatic carbocycles. The van der Waals surface area contributed by atoms with Crippen LogP contribution in [0.25, 0.3) is 0 Å². The Morgan fingerprint density at radius 1 is 0.380 bits per heavy atom. The summed E-state index contributed by atoms with van der Waals surface area (Å²) in [5.74, 6) is 10.5. The molecule has 14 atom stereocenters. The van der Waals surface area contributed by atoms with E-state index in [2.05, 4.69) is 245 Å². The fourth-order valence-corrected chi connectivity index (χ4v) is 13.5. The summed E-state index contributed by atoms with van der Waals surface area (Å²) >= 11 is 0. The van der Waals surface area contributed by atoms with E-state index in [1.807, 2.05) is 88.4 Å². The van der Waals surface area contributed by atoms with Gasteiger partial charge in [-0.3, -0.25) is 9.59 Å². The topological polar surface area (TPSA) is 176 Å². The van der Waals surface area contributed by atoms with Crippen molar-refractivity contribution in [3.63, 3.8) is 0 Å². The number of hydrogen-bond donors (Lipinski definition) is 5. The number of hydrogen-bond acceptors (Lipinski definition) is 11. The van der Waals surface area contributed by atoms with Crippen LogP contribution in [-0.4, -0.2) is 77.1 Å². The molecule has 1 saturated heterocycles. The van der Waals surface area contributed by atoms with Crippen LogP contribution in [0, 0.1) is 29.1 Å². The SMILES string of the molecule is CC1Cc2ccccc2C1C.CC1Cc2ccccc2C1C.CC1Cc2ccccc2C1C.CCC(C)(C)C(=O)OCC1CO1.CCC(C)C(=O)OCCO.CCC(C)c1ccc(O)cc1.CCC(C)c1ccc(O)cc1.CCC(C)c1ccc(O)cc1.CCC(C)c1ccc(O)cc1.CCC(C)c1ccc(OC)cc1.CCC(C)c1ccccc1. The number of aromatic hydroxyl groups is 4. The molecule has 11 heteroatoms. The number of phenols is 4. The highest BCUT2D eigenvalue weighted by Crippen LogP contribution is 2.39. The van der Waals surface area contributed by atoms with Gasteiger partial charge in [-0.15, -0.1) is 0 Å². The number of aliphatic hydroxyl groups is 1. The lowest BCUT2D eigenvalue weighted by molar-refractivity contribution is -0.154. The van der Waals surface area contributed by atoms with Gasteiger partial charge in [0.25, 0.3) is 0 Å². The van der Waals surface area contributed by atoms with E-state index in [0.717, 1.165) is 86.4 Å². The van der Waals surface area contributed by atoms with Gasteiger partial charge >= 0.3 is 11.9 Å². The van der Waals surface area contributed by atoms with E-state index in [1.165, 1.54) is 65.5 Å². The van der Waals surface area contributed by atoms with Gasteiger partial charge in [-0.2, -0.15) is 0 Å². The first-order valence-electron chi connectivity index (χ1n) is 45.4. The molecule has 3 aliphatic carbocycles. The van der Waals surface area contributed by atoms with Crippen LogP contribution in [0.5, 0.6) is 28.7 Å². The summed E-state index contributed by atoms with van der Waals surface area (Å²) in [5, 5.41) is 44.3. The second-order valence-electron chi connectivity index (χ2n) is 34.4. The monoisotopic (exact) mass is 1660 g/mol. The zero-order chi connectivity index (χ0) is 90.2. The molecule has 1 aliphatic heterocycles. The summed E-state index contributed by atoms with van der Waals surface area (Å²) in [5.41, 5.74) is 17.1. The smallest absolute Gasteiger partial charge is 0.311 e. The molecule has 0 radical (unpaired) electrons. The number of rotatable bonds is 21. The second kappa shape index (κ2) is 58.0. The molecule has 664 valence electrons. The fraction of sp³-hybridized carbons (Fsp3) is 0.491. The predicted molar refractivity (Wildman–Crippen MR) is 510 cm³/mol. The van der Waals surface area contributed by atoms with E-state index in [1.54, 1.807) is 95.9 Å². The van der Waals surface area contributed by atoms with E-state index in [-0.39, 0.29) is 42.6 Å². The third-order valence-corrected chi connectivity index (χ3v) is 25.0. The second-order valence-corrected chi connectivity index (χ2v) is 34.4. The van der Waals surface area contributed by atoms with Crippen LogP contribution in [-0.2, 0) is 43.1 Å². The highest BCUT2D eigenvalue weighted by Gasteiger charge is 2.31. The van der Waals surface area contributed by atoms with Gasteiger partial charge in [0.2, 0.25) is 0 Å². The molecule has 0 amide bonds. The Balaban J connectivity index is 0.000000344. The Morgan fingerprint density at radius 3 is 0.884 bits per heavy atom. The van der Waals surface area contributed by atoms with Gasteiger partial charge in [-0.05, 0) is 283 Å². The zero-order valence-electron chi connectivity index (χ0n) is 78.7. The number of ether oxygens (including phenoxy) is 4. The van der Waals surface area contributed by atoms with Crippen LogP contribution >= 0.6 is 0 Å². The molecule has 11 nitrogen and oxygen atoms in total. The number of benzene rings is 9. The number of epoxide rings is 1. The summed E-state index contributed by atoms with van der Waals surface area (Å²) in [6.07, 6.45) is 12.6. The molecule has 121 heavy (non-hydrogen) atoms.